The van der Waals surface area contributed by atoms with Crippen LogP contribution in [0.3, 0.4) is 0 Å². The van der Waals surface area contributed by atoms with Crippen molar-refractivity contribution in [3.05, 3.63) is 47.5 Å². The van der Waals surface area contributed by atoms with E-state index in [0.717, 1.165) is 22.4 Å². The second kappa shape index (κ2) is 5.63. The molecule has 3 rings (SSSR count). The zero-order valence-corrected chi connectivity index (χ0v) is 12.7. The van der Waals surface area contributed by atoms with Gasteiger partial charge in [0.15, 0.2) is 0 Å². The van der Waals surface area contributed by atoms with Gasteiger partial charge in [-0.1, -0.05) is 0 Å². The normalized spacial score (nSPS) is 10.9. The molecule has 0 radical (unpaired) electrons. The van der Waals surface area contributed by atoms with Crippen LogP contribution in [-0.4, -0.2) is 21.6 Å². The van der Waals surface area contributed by atoms with E-state index in [0.29, 0.717) is 18.0 Å². The number of methoxy groups -OCH3 is 1. The van der Waals surface area contributed by atoms with E-state index in [1.54, 1.807) is 25.6 Å². The number of nitrogens with zero attached hydrogens (tertiary/aromatic N) is 3. The van der Waals surface area contributed by atoms with Gasteiger partial charge in [-0.05, 0) is 30.2 Å². The maximum absolute atomic E-state index is 13.3. The van der Waals surface area contributed by atoms with Gasteiger partial charge < -0.3 is 14.6 Å². The topological polar surface area (TPSA) is 52.0 Å². The van der Waals surface area contributed by atoms with E-state index in [-0.39, 0.29) is 5.82 Å². The summed E-state index contributed by atoms with van der Waals surface area (Å²) in [5.41, 5.74) is 3.57. The summed E-state index contributed by atoms with van der Waals surface area (Å²) in [6.45, 7) is 2.55. The molecule has 0 atom stereocenters. The number of hydrogen-bond donors (Lipinski definition) is 1. The van der Waals surface area contributed by atoms with E-state index in [2.05, 4.69) is 15.3 Å². The largest absolute Gasteiger partial charge is 0.495 e. The Morgan fingerprint density at radius 1 is 1.32 bits per heavy atom. The fourth-order valence-electron chi connectivity index (χ4n) is 2.44. The number of rotatable bonds is 4. The molecule has 0 spiro atoms. The monoisotopic (exact) mass is 300 g/mol. The third-order valence-electron chi connectivity index (χ3n) is 3.77. The fourth-order valence-corrected chi connectivity index (χ4v) is 2.44. The Kier molecular flexibility index (Phi) is 3.66. The third-order valence-corrected chi connectivity index (χ3v) is 3.77. The Morgan fingerprint density at radius 3 is 2.91 bits per heavy atom. The first-order chi connectivity index (χ1) is 10.6. The van der Waals surface area contributed by atoms with E-state index in [4.69, 9.17) is 4.74 Å². The zero-order chi connectivity index (χ0) is 15.7. The number of imidazole rings is 1. The number of halogens is 1. The summed E-state index contributed by atoms with van der Waals surface area (Å²) in [4.78, 5) is 8.58. The average Bonchev–Trinajstić information content (AvgIpc) is 2.82. The van der Waals surface area contributed by atoms with E-state index < -0.39 is 0 Å². The predicted octanol–water partition coefficient (Wildman–Crippen LogP) is 3.04. The molecule has 0 aliphatic carbocycles. The maximum Gasteiger partial charge on any atom is 0.203 e. The van der Waals surface area contributed by atoms with Crippen molar-refractivity contribution in [2.75, 3.05) is 12.4 Å². The summed E-state index contributed by atoms with van der Waals surface area (Å²) in [6, 6.07) is 4.59. The van der Waals surface area contributed by atoms with E-state index >= 15 is 0 Å². The molecule has 0 amide bonds. The number of nitrogens with one attached hydrogen (secondary N) is 1. The molecule has 0 saturated carbocycles. The highest BCUT2D eigenvalue weighted by atomic mass is 19.1. The Morgan fingerprint density at radius 2 is 2.14 bits per heavy atom. The molecule has 0 aliphatic heterocycles. The zero-order valence-electron chi connectivity index (χ0n) is 12.7. The molecule has 5 nitrogen and oxygen atoms in total. The molecule has 114 valence electrons. The number of hydrogen-bond acceptors (Lipinski definition) is 4. The first-order valence-electron chi connectivity index (χ1n) is 6.93. The molecule has 2 aromatic heterocycles. The van der Waals surface area contributed by atoms with Gasteiger partial charge in [-0.25, -0.2) is 9.37 Å². The smallest absolute Gasteiger partial charge is 0.203 e. The van der Waals surface area contributed by atoms with Gasteiger partial charge in [0.2, 0.25) is 5.95 Å². The Hall–Kier alpha value is -2.63. The van der Waals surface area contributed by atoms with Crippen molar-refractivity contribution in [3.8, 4) is 5.75 Å². The van der Waals surface area contributed by atoms with Crippen molar-refractivity contribution in [2.24, 2.45) is 7.05 Å². The Labute approximate surface area is 127 Å². The highest BCUT2D eigenvalue weighted by molar-refractivity contribution is 5.78. The van der Waals surface area contributed by atoms with Crippen LogP contribution in [0.4, 0.5) is 10.3 Å². The van der Waals surface area contributed by atoms with Crippen molar-refractivity contribution in [1.29, 1.82) is 0 Å². The third kappa shape index (κ3) is 2.47. The minimum absolute atomic E-state index is 0.287. The van der Waals surface area contributed by atoms with Crippen molar-refractivity contribution < 1.29 is 9.13 Å². The maximum atomic E-state index is 13.3. The van der Waals surface area contributed by atoms with Crippen LogP contribution < -0.4 is 10.1 Å². The minimum Gasteiger partial charge on any atom is -0.495 e. The van der Waals surface area contributed by atoms with Gasteiger partial charge in [0.1, 0.15) is 11.6 Å². The van der Waals surface area contributed by atoms with Crippen molar-refractivity contribution >= 4 is 17.0 Å². The number of anilines is 1. The number of aromatic nitrogens is 3. The number of fused-ring (bicyclic) bond motifs is 1. The summed E-state index contributed by atoms with van der Waals surface area (Å²) in [7, 11) is 3.52. The highest BCUT2D eigenvalue weighted by Crippen LogP contribution is 2.22. The molecule has 0 fully saturated rings. The van der Waals surface area contributed by atoms with Crippen molar-refractivity contribution in [3.63, 3.8) is 0 Å². The number of aryl methyl sites for hydroxylation is 1. The quantitative estimate of drug-likeness (QED) is 0.804. The van der Waals surface area contributed by atoms with Gasteiger partial charge in [-0.2, -0.15) is 0 Å². The van der Waals surface area contributed by atoms with Crippen LogP contribution in [0.1, 0.15) is 11.1 Å². The van der Waals surface area contributed by atoms with Crippen LogP contribution in [0.5, 0.6) is 5.75 Å². The molecule has 1 N–H and O–H groups in total. The van der Waals surface area contributed by atoms with E-state index in [9.17, 15) is 4.39 Å². The highest BCUT2D eigenvalue weighted by Gasteiger charge is 2.10. The standard InChI is InChI=1S/C16H17FN4O/c1-10-11(7-18-9-15(10)22-3)8-19-16-20-13-6-12(17)4-5-14(13)21(16)2/h4-7,9H,8H2,1-3H3,(H,19,20). The van der Waals surface area contributed by atoms with Gasteiger partial charge in [0.25, 0.3) is 0 Å². The molecule has 3 aromatic rings. The van der Waals surface area contributed by atoms with Crippen LogP contribution in [0.2, 0.25) is 0 Å². The molecule has 22 heavy (non-hydrogen) atoms. The van der Waals surface area contributed by atoms with Crippen LogP contribution in [0.15, 0.2) is 30.6 Å². The molecule has 6 heteroatoms. The van der Waals surface area contributed by atoms with E-state index in [1.165, 1.54) is 12.1 Å². The lowest BCUT2D eigenvalue weighted by Crippen LogP contribution is -2.07. The molecular formula is C16H17FN4O. The lowest BCUT2D eigenvalue weighted by Gasteiger charge is -2.11. The summed E-state index contributed by atoms with van der Waals surface area (Å²) < 4.78 is 20.4. The molecule has 0 unspecified atom stereocenters. The summed E-state index contributed by atoms with van der Waals surface area (Å²) in [5.74, 6) is 1.15. The lowest BCUT2D eigenvalue weighted by atomic mass is 10.1. The first-order valence-corrected chi connectivity index (χ1v) is 6.93. The molecule has 1 aromatic carbocycles. The van der Waals surface area contributed by atoms with Gasteiger partial charge in [0, 0.05) is 25.9 Å². The van der Waals surface area contributed by atoms with E-state index in [1.807, 2.05) is 18.5 Å². The predicted molar refractivity (Wildman–Crippen MR) is 83.5 cm³/mol. The lowest BCUT2D eigenvalue weighted by molar-refractivity contribution is 0.409. The molecule has 0 bridgehead atoms. The van der Waals surface area contributed by atoms with Gasteiger partial charge >= 0.3 is 0 Å². The minimum atomic E-state index is -0.287. The van der Waals surface area contributed by atoms with Crippen LogP contribution >= 0.6 is 0 Å². The summed E-state index contributed by atoms with van der Waals surface area (Å²) in [6.07, 6.45) is 3.49. The van der Waals surface area contributed by atoms with Gasteiger partial charge in [0.05, 0.1) is 24.3 Å². The van der Waals surface area contributed by atoms with Crippen molar-refractivity contribution in [2.45, 2.75) is 13.5 Å². The molecular weight excluding hydrogens is 283 g/mol. The average molecular weight is 300 g/mol. The van der Waals surface area contributed by atoms with Gasteiger partial charge in [-0.3, -0.25) is 4.98 Å². The summed E-state index contributed by atoms with van der Waals surface area (Å²) in [5, 5.41) is 3.26. The van der Waals surface area contributed by atoms with Crippen molar-refractivity contribution in [1.82, 2.24) is 14.5 Å². The summed E-state index contributed by atoms with van der Waals surface area (Å²) >= 11 is 0. The molecule has 2 heterocycles. The van der Waals surface area contributed by atoms with Gasteiger partial charge in [-0.15, -0.1) is 0 Å². The Balaban J connectivity index is 1.87. The SMILES string of the molecule is COc1cncc(CNc2nc3cc(F)ccc3n2C)c1C. The fraction of sp³-hybridized carbons (Fsp3) is 0.250. The Bertz CT molecular complexity index is 828. The number of ether oxygens (including phenoxy) is 1. The number of pyridine rings is 1. The number of benzene rings is 1. The van der Waals surface area contributed by atoms with Crippen LogP contribution in [0.25, 0.3) is 11.0 Å². The van der Waals surface area contributed by atoms with Crippen LogP contribution in [0, 0.1) is 12.7 Å². The molecule has 0 saturated heterocycles. The first kappa shape index (κ1) is 14.3. The second-order valence-corrected chi connectivity index (χ2v) is 5.11. The van der Waals surface area contributed by atoms with Crippen LogP contribution in [-0.2, 0) is 13.6 Å². The second-order valence-electron chi connectivity index (χ2n) is 5.11. The molecule has 0 aliphatic rings.